The maximum absolute atomic E-state index is 5.04. The van der Waals surface area contributed by atoms with Crippen LogP contribution in [0.15, 0.2) is 0 Å². The van der Waals surface area contributed by atoms with Crippen LogP contribution in [0.3, 0.4) is 0 Å². The van der Waals surface area contributed by atoms with Gasteiger partial charge in [0.15, 0.2) is 0 Å². The largest absolute Gasteiger partial charge is 0.383 e. The zero-order chi connectivity index (χ0) is 11.7. The van der Waals surface area contributed by atoms with Crippen molar-refractivity contribution in [3.8, 4) is 0 Å². The number of rotatable bonds is 9. The number of nitrogens with one attached hydrogen (secondary N) is 1. The van der Waals surface area contributed by atoms with E-state index in [4.69, 9.17) is 4.74 Å². The topological polar surface area (TPSA) is 21.3 Å². The van der Waals surface area contributed by atoms with Crippen molar-refractivity contribution in [2.75, 3.05) is 26.8 Å². The van der Waals surface area contributed by atoms with E-state index < -0.39 is 0 Å². The fourth-order valence-electron chi connectivity index (χ4n) is 1.71. The van der Waals surface area contributed by atoms with E-state index in [1.165, 1.54) is 19.3 Å². The Bertz CT molecular complexity index is 147. The summed E-state index contributed by atoms with van der Waals surface area (Å²) in [5, 5.41) is 3.49. The standard InChI is InChI=1S/C13H29NO/c1-6-7-8-13(4,12(2)3)11-14-9-10-15-5/h12,14H,6-11H2,1-5H3. The number of hydrogen-bond acceptors (Lipinski definition) is 2. The second-order valence-corrected chi connectivity index (χ2v) is 5.08. The summed E-state index contributed by atoms with van der Waals surface area (Å²) in [7, 11) is 1.75. The highest BCUT2D eigenvalue weighted by Gasteiger charge is 2.26. The molecule has 2 nitrogen and oxygen atoms in total. The van der Waals surface area contributed by atoms with E-state index in [-0.39, 0.29) is 0 Å². The molecule has 1 unspecified atom stereocenters. The maximum Gasteiger partial charge on any atom is 0.0587 e. The molecule has 0 bridgehead atoms. The monoisotopic (exact) mass is 215 g/mol. The van der Waals surface area contributed by atoms with Crippen LogP contribution in [-0.4, -0.2) is 26.8 Å². The minimum atomic E-state index is 0.434. The van der Waals surface area contributed by atoms with Crippen LogP contribution in [-0.2, 0) is 4.74 Å². The van der Waals surface area contributed by atoms with Crippen LogP contribution in [0.5, 0.6) is 0 Å². The van der Waals surface area contributed by atoms with Gasteiger partial charge in [0.1, 0.15) is 0 Å². The predicted octanol–water partition coefficient (Wildman–Crippen LogP) is 3.07. The third kappa shape index (κ3) is 6.16. The van der Waals surface area contributed by atoms with Gasteiger partial charge in [0, 0.05) is 20.2 Å². The van der Waals surface area contributed by atoms with Crippen molar-refractivity contribution in [2.45, 2.75) is 47.0 Å². The van der Waals surface area contributed by atoms with Gasteiger partial charge in [-0.05, 0) is 17.8 Å². The third-order valence-electron chi connectivity index (χ3n) is 3.51. The van der Waals surface area contributed by atoms with Gasteiger partial charge in [-0.2, -0.15) is 0 Å². The van der Waals surface area contributed by atoms with Gasteiger partial charge in [0.25, 0.3) is 0 Å². The van der Waals surface area contributed by atoms with Crippen LogP contribution in [0.2, 0.25) is 0 Å². The van der Waals surface area contributed by atoms with Gasteiger partial charge >= 0.3 is 0 Å². The molecule has 0 amide bonds. The summed E-state index contributed by atoms with van der Waals surface area (Å²) in [4.78, 5) is 0. The molecule has 0 heterocycles. The van der Waals surface area contributed by atoms with Crippen LogP contribution in [0.1, 0.15) is 47.0 Å². The second-order valence-electron chi connectivity index (χ2n) is 5.08. The molecule has 0 rings (SSSR count). The first kappa shape index (κ1) is 14.9. The maximum atomic E-state index is 5.04. The summed E-state index contributed by atoms with van der Waals surface area (Å²) in [6, 6.07) is 0. The highest BCUT2D eigenvalue weighted by atomic mass is 16.5. The molecular formula is C13H29NO. The van der Waals surface area contributed by atoms with E-state index in [0.29, 0.717) is 5.41 Å². The normalized spacial score (nSPS) is 15.6. The highest BCUT2D eigenvalue weighted by molar-refractivity contribution is 4.80. The first-order chi connectivity index (χ1) is 7.06. The Morgan fingerprint density at radius 1 is 1.33 bits per heavy atom. The molecule has 2 heteroatoms. The van der Waals surface area contributed by atoms with Crippen molar-refractivity contribution in [3.05, 3.63) is 0 Å². The Hall–Kier alpha value is -0.0800. The lowest BCUT2D eigenvalue weighted by Crippen LogP contribution is -2.37. The third-order valence-corrected chi connectivity index (χ3v) is 3.51. The first-order valence-corrected chi connectivity index (χ1v) is 6.26. The van der Waals surface area contributed by atoms with Gasteiger partial charge in [-0.15, -0.1) is 0 Å². The fraction of sp³-hybridized carbons (Fsp3) is 1.00. The number of methoxy groups -OCH3 is 1. The molecular weight excluding hydrogens is 186 g/mol. The minimum absolute atomic E-state index is 0.434. The van der Waals surface area contributed by atoms with Crippen LogP contribution in [0.25, 0.3) is 0 Å². The van der Waals surface area contributed by atoms with Gasteiger partial charge in [0.2, 0.25) is 0 Å². The van der Waals surface area contributed by atoms with Crippen molar-refractivity contribution >= 4 is 0 Å². The number of hydrogen-bond donors (Lipinski definition) is 1. The average Bonchev–Trinajstić information content (AvgIpc) is 2.21. The second kappa shape index (κ2) is 8.12. The van der Waals surface area contributed by atoms with Crippen LogP contribution in [0, 0.1) is 11.3 Å². The first-order valence-electron chi connectivity index (χ1n) is 6.26. The summed E-state index contributed by atoms with van der Waals surface area (Å²) in [5.74, 6) is 0.735. The van der Waals surface area contributed by atoms with E-state index in [1.54, 1.807) is 7.11 Å². The van der Waals surface area contributed by atoms with Gasteiger partial charge in [0.05, 0.1) is 6.61 Å². The molecule has 0 saturated heterocycles. The van der Waals surface area contributed by atoms with E-state index >= 15 is 0 Å². The summed E-state index contributed by atoms with van der Waals surface area (Å²) >= 11 is 0. The van der Waals surface area contributed by atoms with Gasteiger partial charge in [-0.25, -0.2) is 0 Å². The molecule has 0 aromatic heterocycles. The van der Waals surface area contributed by atoms with Crippen molar-refractivity contribution in [1.82, 2.24) is 5.32 Å². The highest BCUT2D eigenvalue weighted by Crippen LogP contribution is 2.31. The van der Waals surface area contributed by atoms with Crippen LogP contribution < -0.4 is 5.32 Å². The zero-order valence-electron chi connectivity index (χ0n) is 11.2. The van der Waals surface area contributed by atoms with Crippen molar-refractivity contribution < 1.29 is 4.74 Å². The summed E-state index contributed by atoms with van der Waals surface area (Å²) in [5.41, 5.74) is 0.434. The van der Waals surface area contributed by atoms with Crippen LogP contribution >= 0.6 is 0 Å². The smallest absolute Gasteiger partial charge is 0.0587 e. The lowest BCUT2D eigenvalue weighted by atomic mass is 9.75. The molecule has 0 aliphatic carbocycles. The van der Waals surface area contributed by atoms with Gasteiger partial charge in [-0.3, -0.25) is 0 Å². The molecule has 1 N–H and O–H groups in total. The minimum Gasteiger partial charge on any atom is -0.383 e. The molecule has 0 aromatic carbocycles. The molecule has 0 fully saturated rings. The average molecular weight is 215 g/mol. The lowest BCUT2D eigenvalue weighted by Gasteiger charge is -2.34. The molecule has 0 saturated carbocycles. The molecule has 92 valence electrons. The predicted molar refractivity (Wildman–Crippen MR) is 67.2 cm³/mol. The SMILES string of the molecule is CCCCC(C)(CNCCOC)C(C)C. The number of ether oxygens (including phenoxy) is 1. The molecule has 0 spiro atoms. The van der Waals surface area contributed by atoms with Gasteiger partial charge < -0.3 is 10.1 Å². The molecule has 0 radical (unpaired) electrons. The van der Waals surface area contributed by atoms with E-state index in [9.17, 15) is 0 Å². The Labute approximate surface area is 95.8 Å². The Kier molecular flexibility index (Phi) is 8.07. The molecule has 1 atom stereocenters. The summed E-state index contributed by atoms with van der Waals surface area (Å²) in [6.45, 7) is 12.2. The van der Waals surface area contributed by atoms with Crippen molar-refractivity contribution in [2.24, 2.45) is 11.3 Å². The fourth-order valence-corrected chi connectivity index (χ4v) is 1.71. The zero-order valence-corrected chi connectivity index (χ0v) is 11.2. The summed E-state index contributed by atoms with van der Waals surface area (Å²) < 4.78 is 5.04. The summed E-state index contributed by atoms with van der Waals surface area (Å²) in [6.07, 6.45) is 3.95. The molecule has 0 aromatic rings. The molecule has 0 aliphatic heterocycles. The van der Waals surface area contributed by atoms with Crippen molar-refractivity contribution in [1.29, 1.82) is 0 Å². The quantitative estimate of drug-likeness (QED) is 0.597. The van der Waals surface area contributed by atoms with E-state index in [2.05, 4.69) is 33.0 Å². The van der Waals surface area contributed by atoms with Crippen LogP contribution in [0.4, 0.5) is 0 Å². The van der Waals surface area contributed by atoms with Crippen molar-refractivity contribution in [3.63, 3.8) is 0 Å². The van der Waals surface area contributed by atoms with E-state index in [1.807, 2.05) is 0 Å². The Morgan fingerprint density at radius 3 is 2.47 bits per heavy atom. The number of unbranched alkanes of at least 4 members (excludes halogenated alkanes) is 1. The van der Waals surface area contributed by atoms with E-state index in [0.717, 1.165) is 25.6 Å². The lowest BCUT2D eigenvalue weighted by molar-refractivity contribution is 0.165. The Morgan fingerprint density at radius 2 is 2.00 bits per heavy atom. The Balaban J connectivity index is 3.90. The molecule has 0 aliphatic rings. The van der Waals surface area contributed by atoms with Gasteiger partial charge in [-0.1, -0.05) is 40.5 Å². The molecule has 15 heavy (non-hydrogen) atoms.